The number of allylic oxidation sites excluding steroid dienone is 1. The van der Waals surface area contributed by atoms with E-state index in [0.29, 0.717) is 19.1 Å². The maximum Gasteiger partial charge on any atom is 0.243 e. The lowest BCUT2D eigenvalue weighted by Gasteiger charge is -2.18. The molecule has 1 aromatic carbocycles. The highest BCUT2D eigenvalue weighted by atomic mass is 16.3. The van der Waals surface area contributed by atoms with Crippen molar-refractivity contribution in [3.8, 4) is 5.75 Å². The molecule has 0 radical (unpaired) electrons. The van der Waals surface area contributed by atoms with Gasteiger partial charge in [-0.1, -0.05) is 50.8 Å². The average molecular weight is 374 g/mol. The average Bonchev–Trinajstić information content (AvgIpc) is 2.66. The van der Waals surface area contributed by atoms with E-state index in [2.05, 4.69) is 17.6 Å². The van der Waals surface area contributed by atoms with Crippen LogP contribution in [0.4, 0.5) is 0 Å². The molecule has 148 valence electrons. The predicted octanol–water partition coefficient (Wildman–Crippen LogP) is 2.65. The number of hydrogen-bond acceptors (Lipinski definition) is 4. The Morgan fingerprint density at radius 3 is 2.48 bits per heavy atom. The van der Waals surface area contributed by atoms with Crippen molar-refractivity contribution >= 4 is 18.1 Å². The molecule has 0 bridgehead atoms. The Morgan fingerprint density at radius 2 is 1.81 bits per heavy atom. The van der Waals surface area contributed by atoms with Gasteiger partial charge in [0.15, 0.2) is 0 Å². The van der Waals surface area contributed by atoms with Crippen molar-refractivity contribution < 1.29 is 19.5 Å². The van der Waals surface area contributed by atoms with Crippen LogP contribution in [0.5, 0.6) is 5.75 Å². The maximum atomic E-state index is 12.4. The highest BCUT2D eigenvalue weighted by molar-refractivity contribution is 5.88. The first-order chi connectivity index (χ1) is 13.1. The second-order valence-electron chi connectivity index (χ2n) is 6.46. The van der Waals surface area contributed by atoms with Gasteiger partial charge in [0.25, 0.3) is 0 Å². The van der Waals surface area contributed by atoms with Gasteiger partial charge in [0.2, 0.25) is 11.8 Å². The summed E-state index contributed by atoms with van der Waals surface area (Å²) in [6, 6.07) is 5.83. The van der Waals surface area contributed by atoms with E-state index in [4.69, 9.17) is 0 Å². The minimum atomic E-state index is -0.706. The van der Waals surface area contributed by atoms with Gasteiger partial charge in [-0.25, -0.2) is 0 Å². The number of phenolic OH excluding ortho intramolecular Hbond substituents is 1. The number of phenols is 1. The van der Waals surface area contributed by atoms with E-state index >= 15 is 0 Å². The monoisotopic (exact) mass is 374 g/mol. The fraction of sp³-hybridized carbons (Fsp3) is 0.476. The maximum absolute atomic E-state index is 12.4. The van der Waals surface area contributed by atoms with E-state index in [1.54, 1.807) is 24.3 Å². The SMILES string of the molecule is CCCCCCCC(=O)NC(Cc1ccc(O)cc1)C(=O)NC/C=C/C=O. The van der Waals surface area contributed by atoms with Gasteiger partial charge >= 0.3 is 0 Å². The zero-order valence-electron chi connectivity index (χ0n) is 15.9. The van der Waals surface area contributed by atoms with E-state index < -0.39 is 6.04 Å². The Morgan fingerprint density at radius 1 is 1.11 bits per heavy atom. The number of unbranched alkanes of at least 4 members (excludes halogenated alkanes) is 4. The molecule has 0 fully saturated rings. The summed E-state index contributed by atoms with van der Waals surface area (Å²) < 4.78 is 0. The van der Waals surface area contributed by atoms with Gasteiger partial charge in [-0.15, -0.1) is 0 Å². The first-order valence-corrected chi connectivity index (χ1v) is 9.52. The molecular weight excluding hydrogens is 344 g/mol. The lowest BCUT2D eigenvalue weighted by molar-refractivity contribution is -0.128. The van der Waals surface area contributed by atoms with Gasteiger partial charge in [-0.3, -0.25) is 14.4 Å². The van der Waals surface area contributed by atoms with Crippen LogP contribution in [0.1, 0.15) is 51.0 Å². The Bertz CT molecular complexity index is 611. The number of aldehydes is 1. The third-order valence-electron chi connectivity index (χ3n) is 4.14. The van der Waals surface area contributed by atoms with Crippen molar-refractivity contribution in [2.75, 3.05) is 6.54 Å². The fourth-order valence-corrected chi connectivity index (χ4v) is 2.64. The molecule has 0 aromatic heterocycles. The summed E-state index contributed by atoms with van der Waals surface area (Å²) in [6.07, 6.45) is 9.46. The molecule has 0 saturated carbocycles. The van der Waals surface area contributed by atoms with Crippen molar-refractivity contribution in [1.82, 2.24) is 10.6 Å². The van der Waals surface area contributed by atoms with Gasteiger partial charge in [0.05, 0.1) is 0 Å². The second-order valence-corrected chi connectivity index (χ2v) is 6.46. The summed E-state index contributed by atoms with van der Waals surface area (Å²) in [4.78, 5) is 34.9. The number of benzene rings is 1. The molecule has 1 unspecified atom stereocenters. The van der Waals surface area contributed by atoms with Crippen LogP contribution >= 0.6 is 0 Å². The smallest absolute Gasteiger partial charge is 0.243 e. The third-order valence-corrected chi connectivity index (χ3v) is 4.14. The molecular formula is C21H30N2O4. The zero-order valence-corrected chi connectivity index (χ0v) is 15.9. The van der Waals surface area contributed by atoms with Crippen LogP contribution in [0.25, 0.3) is 0 Å². The first kappa shape index (κ1) is 22.4. The Kier molecular flexibility index (Phi) is 11.3. The van der Waals surface area contributed by atoms with Crippen molar-refractivity contribution in [2.24, 2.45) is 0 Å². The summed E-state index contributed by atoms with van der Waals surface area (Å²) in [5, 5.41) is 14.9. The number of nitrogens with one attached hydrogen (secondary N) is 2. The summed E-state index contributed by atoms with van der Waals surface area (Å²) in [6.45, 7) is 2.36. The normalized spacial score (nSPS) is 11.9. The highest BCUT2D eigenvalue weighted by Crippen LogP contribution is 2.12. The van der Waals surface area contributed by atoms with E-state index in [1.807, 2.05) is 0 Å². The summed E-state index contributed by atoms with van der Waals surface area (Å²) in [5.41, 5.74) is 0.833. The van der Waals surface area contributed by atoms with Crippen molar-refractivity contribution in [3.05, 3.63) is 42.0 Å². The van der Waals surface area contributed by atoms with Gasteiger partial charge in [-0.05, 0) is 30.2 Å². The fourth-order valence-electron chi connectivity index (χ4n) is 2.64. The van der Waals surface area contributed by atoms with Crippen LogP contribution in [0, 0.1) is 0 Å². The number of amides is 2. The molecule has 0 saturated heterocycles. The predicted molar refractivity (Wildman–Crippen MR) is 105 cm³/mol. The number of aromatic hydroxyl groups is 1. The quantitative estimate of drug-likeness (QED) is 0.281. The molecule has 2 amide bonds. The van der Waals surface area contributed by atoms with E-state index in [9.17, 15) is 19.5 Å². The molecule has 1 rings (SSSR count). The van der Waals surface area contributed by atoms with Crippen molar-refractivity contribution in [1.29, 1.82) is 0 Å². The van der Waals surface area contributed by atoms with Crippen LogP contribution < -0.4 is 10.6 Å². The molecule has 0 aliphatic heterocycles. The molecule has 27 heavy (non-hydrogen) atoms. The number of carbonyl (C=O) groups excluding carboxylic acids is 3. The minimum absolute atomic E-state index is 0.145. The zero-order chi connectivity index (χ0) is 19.9. The van der Waals surface area contributed by atoms with E-state index in [1.165, 1.54) is 18.6 Å². The second kappa shape index (κ2) is 13.6. The standard InChI is InChI=1S/C21H30N2O4/c1-2-3-4-5-6-9-20(26)23-19(21(27)22-14-7-8-15-24)16-17-10-12-18(25)13-11-17/h7-8,10-13,15,19,25H,2-6,9,14,16H2,1H3,(H,22,27)(H,23,26)/b8-7+. The molecule has 0 aliphatic rings. The van der Waals surface area contributed by atoms with Gasteiger partial charge < -0.3 is 15.7 Å². The molecule has 0 aliphatic carbocycles. The minimum Gasteiger partial charge on any atom is -0.508 e. The Labute approximate surface area is 161 Å². The number of carbonyl (C=O) groups is 3. The van der Waals surface area contributed by atoms with Crippen LogP contribution in [-0.4, -0.2) is 35.8 Å². The van der Waals surface area contributed by atoms with Crippen molar-refractivity contribution in [2.45, 2.75) is 57.9 Å². The van der Waals surface area contributed by atoms with Crippen LogP contribution in [0.15, 0.2) is 36.4 Å². The lowest BCUT2D eigenvalue weighted by atomic mass is 10.0. The summed E-state index contributed by atoms with van der Waals surface area (Å²) >= 11 is 0. The molecule has 1 atom stereocenters. The largest absolute Gasteiger partial charge is 0.508 e. The lowest BCUT2D eigenvalue weighted by Crippen LogP contribution is -2.48. The highest BCUT2D eigenvalue weighted by Gasteiger charge is 2.20. The Hall–Kier alpha value is -2.63. The van der Waals surface area contributed by atoms with E-state index in [0.717, 1.165) is 31.2 Å². The van der Waals surface area contributed by atoms with Gasteiger partial charge in [0.1, 0.15) is 18.1 Å². The number of hydrogen-bond donors (Lipinski definition) is 3. The topological polar surface area (TPSA) is 95.5 Å². The summed E-state index contributed by atoms with van der Waals surface area (Å²) in [5.74, 6) is -0.304. The first-order valence-electron chi connectivity index (χ1n) is 9.52. The molecule has 3 N–H and O–H groups in total. The molecule has 0 heterocycles. The van der Waals surface area contributed by atoms with Crippen LogP contribution in [0.3, 0.4) is 0 Å². The Balaban J connectivity index is 2.61. The molecule has 6 nitrogen and oxygen atoms in total. The summed E-state index contributed by atoms with van der Waals surface area (Å²) in [7, 11) is 0. The van der Waals surface area contributed by atoms with Crippen LogP contribution in [0.2, 0.25) is 0 Å². The molecule has 0 spiro atoms. The molecule has 6 heteroatoms. The van der Waals surface area contributed by atoms with Gasteiger partial charge in [-0.2, -0.15) is 0 Å². The third kappa shape index (κ3) is 10.2. The van der Waals surface area contributed by atoms with Crippen molar-refractivity contribution in [3.63, 3.8) is 0 Å². The van der Waals surface area contributed by atoms with Crippen LogP contribution in [-0.2, 0) is 20.8 Å². The molecule has 1 aromatic rings. The van der Waals surface area contributed by atoms with E-state index in [-0.39, 0.29) is 24.1 Å². The van der Waals surface area contributed by atoms with Gasteiger partial charge in [0, 0.05) is 19.4 Å². The number of rotatable bonds is 13.